The molecule has 4 heteroatoms. The van der Waals surface area contributed by atoms with E-state index in [4.69, 9.17) is 4.74 Å². The summed E-state index contributed by atoms with van der Waals surface area (Å²) >= 11 is 0. The summed E-state index contributed by atoms with van der Waals surface area (Å²) in [6.45, 7) is 11.0. The van der Waals surface area contributed by atoms with Crippen molar-refractivity contribution in [2.75, 3.05) is 18.5 Å². The van der Waals surface area contributed by atoms with Gasteiger partial charge in [0, 0.05) is 18.5 Å². The predicted molar refractivity (Wildman–Crippen MR) is 66.0 cm³/mol. The highest BCUT2D eigenvalue weighted by Crippen LogP contribution is 2.18. The summed E-state index contributed by atoms with van der Waals surface area (Å²) in [5.41, 5.74) is 0. The Balaban J connectivity index is 2.93. The van der Waals surface area contributed by atoms with Crippen LogP contribution in [0.3, 0.4) is 0 Å². The second kappa shape index (κ2) is 6.10. The SMILES string of the molecule is C=CCNc1cc(OCC)nc(C(C)C)n1. The Kier molecular flexibility index (Phi) is 4.76. The minimum Gasteiger partial charge on any atom is -0.478 e. The van der Waals surface area contributed by atoms with Crippen LogP contribution in [-0.4, -0.2) is 23.1 Å². The van der Waals surface area contributed by atoms with Crippen molar-refractivity contribution >= 4 is 5.82 Å². The molecule has 0 bridgehead atoms. The van der Waals surface area contributed by atoms with Gasteiger partial charge in [-0.25, -0.2) is 4.98 Å². The van der Waals surface area contributed by atoms with Crippen molar-refractivity contribution in [1.29, 1.82) is 0 Å². The van der Waals surface area contributed by atoms with Crippen molar-refractivity contribution in [3.05, 3.63) is 24.5 Å². The van der Waals surface area contributed by atoms with Crippen LogP contribution in [0.15, 0.2) is 18.7 Å². The van der Waals surface area contributed by atoms with E-state index in [2.05, 4.69) is 35.7 Å². The lowest BCUT2D eigenvalue weighted by Gasteiger charge is -2.10. The summed E-state index contributed by atoms with van der Waals surface area (Å²) in [5, 5.41) is 3.14. The minimum atomic E-state index is 0.282. The molecule has 0 atom stereocenters. The molecule has 1 aromatic heterocycles. The van der Waals surface area contributed by atoms with Gasteiger partial charge in [0.05, 0.1) is 6.61 Å². The number of ether oxygens (including phenoxy) is 1. The fourth-order valence-electron chi connectivity index (χ4n) is 1.19. The van der Waals surface area contributed by atoms with Gasteiger partial charge in [0.1, 0.15) is 11.6 Å². The largest absolute Gasteiger partial charge is 0.478 e. The van der Waals surface area contributed by atoms with Crippen LogP contribution in [0.5, 0.6) is 5.88 Å². The Morgan fingerprint density at radius 1 is 1.50 bits per heavy atom. The van der Waals surface area contributed by atoms with Gasteiger partial charge in [-0.3, -0.25) is 0 Å². The van der Waals surface area contributed by atoms with E-state index in [1.165, 1.54) is 0 Å². The second-order valence-corrected chi connectivity index (χ2v) is 3.71. The molecule has 0 unspecified atom stereocenters. The van der Waals surface area contributed by atoms with Crippen LogP contribution >= 0.6 is 0 Å². The Labute approximate surface area is 96.8 Å². The Morgan fingerprint density at radius 3 is 2.81 bits per heavy atom. The lowest BCUT2D eigenvalue weighted by Crippen LogP contribution is -2.07. The van der Waals surface area contributed by atoms with Crippen molar-refractivity contribution < 1.29 is 4.74 Å². The molecule has 1 rings (SSSR count). The molecule has 1 N–H and O–H groups in total. The van der Waals surface area contributed by atoms with Crippen LogP contribution in [0.2, 0.25) is 0 Å². The van der Waals surface area contributed by atoms with E-state index in [1.807, 2.05) is 6.92 Å². The first-order valence-electron chi connectivity index (χ1n) is 5.54. The molecule has 0 spiro atoms. The quantitative estimate of drug-likeness (QED) is 0.750. The van der Waals surface area contributed by atoms with Crippen LogP contribution in [0.4, 0.5) is 5.82 Å². The van der Waals surface area contributed by atoms with Crippen molar-refractivity contribution in [2.24, 2.45) is 0 Å². The lowest BCUT2D eigenvalue weighted by atomic mass is 10.2. The van der Waals surface area contributed by atoms with E-state index in [1.54, 1.807) is 12.1 Å². The molecule has 0 amide bonds. The van der Waals surface area contributed by atoms with Crippen LogP contribution in [0, 0.1) is 0 Å². The number of anilines is 1. The maximum absolute atomic E-state index is 5.40. The monoisotopic (exact) mass is 221 g/mol. The molecule has 0 aromatic carbocycles. The highest BCUT2D eigenvalue weighted by atomic mass is 16.5. The van der Waals surface area contributed by atoms with Crippen LogP contribution in [-0.2, 0) is 0 Å². The predicted octanol–water partition coefficient (Wildman–Crippen LogP) is 2.60. The summed E-state index contributed by atoms with van der Waals surface area (Å²) < 4.78 is 5.40. The van der Waals surface area contributed by atoms with E-state index >= 15 is 0 Å². The van der Waals surface area contributed by atoms with Gasteiger partial charge in [-0.15, -0.1) is 6.58 Å². The Morgan fingerprint density at radius 2 is 2.25 bits per heavy atom. The van der Waals surface area contributed by atoms with Gasteiger partial charge in [0.2, 0.25) is 5.88 Å². The van der Waals surface area contributed by atoms with Crippen LogP contribution in [0.1, 0.15) is 32.5 Å². The zero-order valence-corrected chi connectivity index (χ0v) is 10.2. The molecule has 0 saturated carbocycles. The zero-order chi connectivity index (χ0) is 12.0. The molecule has 4 nitrogen and oxygen atoms in total. The van der Waals surface area contributed by atoms with Gasteiger partial charge in [-0.2, -0.15) is 4.98 Å². The summed E-state index contributed by atoms with van der Waals surface area (Å²) in [5.74, 6) is 2.47. The van der Waals surface area contributed by atoms with E-state index in [0.29, 0.717) is 19.0 Å². The smallest absolute Gasteiger partial charge is 0.218 e. The average Bonchev–Trinajstić information content (AvgIpc) is 2.26. The molecule has 0 saturated heterocycles. The molecule has 0 aliphatic heterocycles. The van der Waals surface area contributed by atoms with Gasteiger partial charge in [-0.05, 0) is 6.92 Å². The molecule has 0 radical (unpaired) electrons. The second-order valence-electron chi connectivity index (χ2n) is 3.71. The molecule has 0 aliphatic rings. The molecule has 1 heterocycles. The first-order valence-corrected chi connectivity index (χ1v) is 5.54. The third-order valence-electron chi connectivity index (χ3n) is 1.96. The fourth-order valence-corrected chi connectivity index (χ4v) is 1.19. The van der Waals surface area contributed by atoms with Crippen LogP contribution in [0.25, 0.3) is 0 Å². The maximum Gasteiger partial charge on any atom is 0.218 e. The summed E-state index contributed by atoms with van der Waals surface area (Å²) in [6.07, 6.45) is 1.79. The normalized spacial score (nSPS) is 10.2. The molecular formula is C12H19N3O. The van der Waals surface area contributed by atoms with Crippen molar-refractivity contribution in [2.45, 2.75) is 26.7 Å². The highest BCUT2D eigenvalue weighted by Gasteiger charge is 2.08. The Bertz CT molecular complexity index is 350. The van der Waals surface area contributed by atoms with Crippen LogP contribution < -0.4 is 10.1 Å². The molecular weight excluding hydrogens is 202 g/mol. The highest BCUT2D eigenvalue weighted by molar-refractivity contribution is 5.39. The number of nitrogens with zero attached hydrogens (tertiary/aromatic N) is 2. The van der Waals surface area contributed by atoms with E-state index in [0.717, 1.165) is 11.6 Å². The van der Waals surface area contributed by atoms with E-state index < -0.39 is 0 Å². The Hall–Kier alpha value is -1.58. The maximum atomic E-state index is 5.40. The zero-order valence-electron chi connectivity index (χ0n) is 10.2. The molecule has 88 valence electrons. The number of rotatable bonds is 6. The summed E-state index contributed by atoms with van der Waals surface area (Å²) in [4.78, 5) is 8.73. The van der Waals surface area contributed by atoms with Gasteiger partial charge in [-0.1, -0.05) is 19.9 Å². The van der Waals surface area contributed by atoms with Gasteiger partial charge in [0.25, 0.3) is 0 Å². The van der Waals surface area contributed by atoms with E-state index in [-0.39, 0.29) is 5.92 Å². The third kappa shape index (κ3) is 3.53. The first-order chi connectivity index (χ1) is 7.67. The number of hydrogen-bond acceptors (Lipinski definition) is 4. The summed E-state index contributed by atoms with van der Waals surface area (Å²) in [6, 6.07) is 1.80. The van der Waals surface area contributed by atoms with Gasteiger partial charge < -0.3 is 10.1 Å². The molecule has 16 heavy (non-hydrogen) atoms. The standard InChI is InChI=1S/C12H19N3O/c1-5-7-13-10-8-11(16-6-2)15-12(14-10)9(3)4/h5,8-9H,1,6-7H2,2-4H3,(H,13,14,15). The van der Waals surface area contributed by atoms with Gasteiger partial charge >= 0.3 is 0 Å². The number of aromatic nitrogens is 2. The first kappa shape index (κ1) is 12.5. The fraction of sp³-hybridized carbons (Fsp3) is 0.500. The summed E-state index contributed by atoms with van der Waals surface area (Å²) in [7, 11) is 0. The lowest BCUT2D eigenvalue weighted by molar-refractivity contribution is 0.324. The average molecular weight is 221 g/mol. The number of nitrogens with one attached hydrogen (secondary N) is 1. The molecule has 1 aromatic rings. The minimum absolute atomic E-state index is 0.282. The van der Waals surface area contributed by atoms with Gasteiger partial charge in [0.15, 0.2) is 0 Å². The molecule has 0 fully saturated rings. The third-order valence-corrected chi connectivity index (χ3v) is 1.96. The van der Waals surface area contributed by atoms with Crippen molar-refractivity contribution in [3.63, 3.8) is 0 Å². The topological polar surface area (TPSA) is 47.0 Å². The van der Waals surface area contributed by atoms with Crippen molar-refractivity contribution in [3.8, 4) is 5.88 Å². The molecule has 0 aliphatic carbocycles. The number of hydrogen-bond donors (Lipinski definition) is 1. The van der Waals surface area contributed by atoms with E-state index in [9.17, 15) is 0 Å². The van der Waals surface area contributed by atoms with Crippen molar-refractivity contribution in [1.82, 2.24) is 9.97 Å².